The van der Waals surface area contributed by atoms with Gasteiger partial charge in [0.2, 0.25) is 0 Å². The summed E-state index contributed by atoms with van der Waals surface area (Å²) < 4.78 is 13.6. The number of nitrogens with zero attached hydrogens (tertiary/aromatic N) is 1. The zero-order chi connectivity index (χ0) is 14.0. The summed E-state index contributed by atoms with van der Waals surface area (Å²) in [4.78, 5) is 14.0. The molecule has 0 aromatic heterocycles. The first kappa shape index (κ1) is 14.0. The van der Waals surface area contributed by atoms with E-state index in [1.807, 2.05) is 0 Å². The van der Waals surface area contributed by atoms with Crippen molar-refractivity contribution >= 4 is 5.91 Å². The largest absolute Gasteiger partial charge is 0.339 e. The lowest BCUT2D eigenvalue weighted by Crippen LogP contribution is -2.41. The zero-order valence-corrected chi connectivity index (χ0v) is 11.9. The molecule has 0 aliphatic heterocycles. The van der Waals surface area contributed by atoms with E-state index in [4.69, 9.17) is 0 Å². The fraction of sp³-hybridized carbons (Fsp3) is 0.562. The molecule has 104 valence electrons. The van der Waals surface area contributed by atoms with Crippen LogP contribution in [0.15, 0.2) is 24.3 Å². The Balaban J connectivity index is 2.06. The molecule has 0 spiro atoms. The molecule has 1 fully saturated rings. The Morgan fingerprint density at radius 2 is 1.84 bits per heavy atom. The highest BCUT2D eigenvalue weighted by Gasteiger charge is 2.31. The number of hydrogen-bond acceptors (Lipinski definition) is 1. The van der Waals surface area contributed by atoms with Crippen molar-refractivity contribution < 1.29 is 9.18 Å². The zero-order valence-electron chi connectivity index (χ0n) is 11.9. The van der Waals surface area contributed by atoms with Crippen molar-refractivity contribution in [1.82, 2.24) is 4.90 Å². The fourth-order valence-corrected chi connectivity index (χ4v) is 2.76. The number of amides is 1. The number of halogens is 1. The van der Waals surface area contributed by atoms with Crippen LogP contribution in [0.4, 0.5) is 4.39 Å². The standard InChI is InChI=1S/C16H22FNO/c1-16(2)10-8-12(9-11-16)18(3)15(19)13-6-4-5-7-14(13)17/h4-7,12H,8-11H2,1-3H3. The van der Waals surface area contributed by atoms with Gasteiger partial charge in [-0.15, -0.1) is 0 Å². The molecule has 1 aliphatic carbocycles. The summed E-state index contributed by atoms with van der Waals surface area (Å²) in [6.45, 7) is 4.53. The number of benzene rings is 1. The lowest BCUT2D eigenvalue weighted by atomic mass is 9.75. The van der Waals surface area contributed by atoms with E-state index in [0.29, 0.717) is 5.41 Å². The lowest BCUT2D eigenvalue weighted by Gasteiger charge is -2.38. The van der Waals surface area contributed by atoms with E-state index < -0.39 is 5.82 Å². The molecular weight excluding hydrogens is 241 g/mol. The third-order valence-electron chi connectivity index (χ3n) is 4.28. The molecule has 1 saturated carbocycles. The van der Waals surface area contributed by atoms with E-state index in [1.54, 1.807) is 30.1 Å². The van der Waals surface area contributed by atoms with Crippen LogP contribution in [0.3, 0.4) is 0 Å². The SMILES string of the molecule is CN(C(=O)c1ccccc1F)C1CCC(C)(C)CC1. The monoisotopic (exact) mass is 263 g/mol. The molecule has 0 atom stereocenters. The normalized spacial score (nSPS) is 19.2. The van der Waals surface area contributed by atoms with Gasteiger partial charge in [-0.05, 0) is 43.2 Å². The van der Waals surface area contributed by atoms with Crippen LogP contribution < -0.4 is 0 Å². The summed E-state index contributed by atoms with van der Waals surface area (Å²) in [7, 11) is 1.79. The molecule has 19 heavy (non-hydrogen) atoms. The van der Waals surface area contributed by atoms with Crippen molar-refractivity contribution in [3.63, 3.8) is 0 Å². The molecule has 1 amide bonds. The Bertz CT molecular complexity index is 460. The van der Waals surface area contributed by atoms with E-state index in [9.17, 15) is 9.18 Å². The van der Waals surface area contributed by atoms with Crippen molar-refractivity contribution in [1.29, 1.82) is 0 Å². The van der Waals surface area contributed by atoms with E-state index in [0.717, 1.165) is 25.7 Å². The minimum absolute atomic E-state index is 0.176. The Kier molecular flexibility index (Phi) is 3.93. The van der Waals surface area contributed by atoms with Crippen molar-refractivity contribution in [3.05, 3.63) is 35.6 Å². The second-order valence-electron chi connectivity index (χ2n) is 6.29. The molecular formula is C16H22FNO. The predicted molar refractivity (Wildman–Crippen MR) is 74.5 cm³/mol. The maximum atomic E-state index is 13.6. The van der Waals surface area contributed by atoms with Crippen LogP contribution in [-0.2, 0) is 0 Å². The van der Waals surface area contributed by atoms with Crippen LogP contribution in [0.1, 0.15) is 49.9 Å². The summed E-state index contributed by atoms with van der Waals surface area (Å²) in [5.74, 6) is -0.640. The van der Waals surface area contributed by atoms with Gasteiger partial charge in [0.1, 0.15) is 5.82 Å². The van der Waals surface area contributed by atoms with Crippen molar-refractivity contribution in [2.45, 2.75) is 45.6 Å². The van der Waals surface area contributed by atoms with Gasteiger partial charge in [-0.3, -0.25) is 4.79 Å². The molecule has 1 aromatic rings. The van der Waals surface area contributed by atoms with Gasteiger partial charge in [0.15, 0.2) is 0 Å². The molecule has 0 bridgehead atoms. The summed E-state index contributed by atoms with van der Waals surface area (Å²) >= 11 is 0. The maximum Gasteiger partial charge on any atom is 0.256 e. The van der Waals surface area contributed by atoms with Crippen molar-refractivity contribution in [3.8, 4) is 0 Å². The highest BCUT2D eigenvalue weighted by atomic mass is 19.1. The summed E-state index contributed by atoms with van der Waals surface area (Å²) in [5, 5.41) is 0. The van der Waals surface area contributed by atoms with Crippen LogP contribution in [-0.4, -0.2) is 23.9 Å². The Morgan fingerprint density at radius 1 is 1.26 bits per heavy atom. The number of carbonyl (C=O) groups is 1. The molecule has 1 aliphatic rings. The maximum absolute atomic E-state index is 13.6. The Morgan fingerprint density at radius 3 is 2.42 bits per heavy atom. The van der Waals surface area contributed by atoms with Crippen LogP contribution >= 0.6 is 0 Å². The van der Waals surface area contributed by atoms with E-state index in [-0.39, 0.29) is 17.5 Å². The number of hydrogen-bond donors (Lipinski definition) is 0. The summed E-state index contributed by atoms with van der Waals surface area (Å²) in [5.41, 5.74) is 0.549. The molecule has 0 radical (unpaired) electrons. The number of rotatable bonds is 2. The molecule has 0 saturated heterocycles. The quantitative estimate of drug-likeness (QED) is 0.793. The predicted octanol–water partition coefficient (Wildman–Crippen LogP) is 3.87. The third kappa shape index (κ3) is 3.14. The minimum atomic E-state index is -0.435. The van der Waals surface area contributed by atoms with Gasteiger partial charge in [0.25, 0.3) is 5.91 Å². The first-order chi connectivity index (χ1) is 8.91. The van der Waals surface area contributed by atoms with E-state index >= 15 is 0 Å². The first-order valence-corrected chi connectivity index (χ1v) is 6.92. The van der Waals surface area contributed by atoms with Crippen LogP contribution in [0.5, 0.6) is 0 Å². The van der Waals surface area contributed by atoms with E-state index in [1.165, 1.54) is 6.07 Å². The van der Waals surface area contributed by atoms with Gasteiger partial charge in [0, 0.05) is 13.1 Å². The Hall–Kier alpha value is -1.38. The van der Waals surface area contributed by atoms with Gasteiger partial charge in [-0.2, -0.15) is 0 Å². The van der Waals surface area contributed by atoms with E-state index in [2.05, 4.69) is 13.8 Å². The highest BCUT2D eigenvalue weighted by Crippen LogP contribution is 2.36. The minimum Gasteiger partial charge on any atom is -0.339 e. The van der Waals surface area contributed by atoms with Crippen LogP contribution in [0.25, 0.3) is 0 Å². The highest BCUT2D eigenvalue weighted by molar-refractivity contribution is 5.94. The van der Waals surface area contributed by atoms with Gasteiger partial charge < -0.3 is 4.90 Å². The third-order valence-corrected chi connectivity index (χ3v) is 4.28. The smallest absolute Gasteiger partial charge is 0.256 e. The van der Waals surface area contributed by atoms with Crippen LogP contribution in [0, 0.1) is 11.2 Å². The molecule has 0 N–H and O–H groups in total. The van der Waals surface area contributed by atoms with Crippen LogP contribution in [0.2, 0.25) is 0 Å². The first-order valence-electron chi connectivity index (χ1n) is 6.92. The lowest BCUT2D eigenvalue weighted by molar-refractivity contribution is 0.0631. The molecule has 0 unspecified atom stereocenters. The Labute approximate surface area is 114 Å². The van der Waals surface area contributed by atoms with Crippen molar-refractivity contribution in [2.24, 2.45) is 5.41 Å². The number of carbonyl (C=O) groups excluding carboxylic acids is 1. The molecule has 3 heteroatoms. The molecule has 1 aromatic carbocycles. The topological polar surface area (TPSA) is 20.3 Å². The van der Waals surface area contributed by atoms with Crippen molar-refractivity contribution in [2.75, 3.05) is 7.05 Å². The second kappa shape index (κ2) is 5.32. The second-order valence-corrected chi connectivity index (χ2v) is 6.29. The molecule has 2 rings (SSSR count). The van der Waals surface area contributed by atoms with Gasteiger partial charge in [0.05, 0.1) is 5.56 Å². The molecule has 0 heterocycles. The summed E-state index contributed by atoms with van der Waals surface area (Å²) in [6.07, 6.45) is 4.24. The fourth-order valence-electron chi connectivity index (χ4n) is 2.76. The average molecular weight is 263 g/mol. The van der Waals surface area contributed by atoms with Gasteiger partial charge >= 0.3 is 0 Å². The summed E-state index contributed by atoms with van der Waals surface area (Å²) in [6, 6.07) is 6.44. The van der Waals surface area contributed by atoms with Gasteiger partial charge in [-0.25, -0.2) is 4.39 Å². The average Bonchev–Trinajstić information content (AvgIpc) is 2.38. The molecule has 2 nitrogen and oxygen atoms in total. The van der Waals surface area contributed by atoms with Gasteiger partial charge in [-0.1, -0.05) is 26.0 Å².